The molecule has 0 spiro atoms. The molecule has 0 aliphatic carbocycles. The maximum absolute atomic E-state index is 6.33. The molecule has 2 aromatic rings. The summed E-state index contributed by atoms with van der Waals surface area (Å²) in [5, 5.41) is 0. The zero-order valence-corrected chi connectivity index (χ0v) is 13.5. The summed E-state index contributed by atoms with van der Waals surface area (Å²) >= 11 is 7.70. The molecule has 0 fully saturated rings. The zero-order chi connectivity index (χ0) is 14.5. The first-order valence-electron chi connectivity index (χ1n) is 6.86. The van der Waals surface area contributed by atoms with Crippen LogP contribution in [-0.4, -0.2) is 18.0 Å². The minimum atomic E-state index is 0.110. The van der Waals surface area contributed by atoms with E-state index >= 15 is 0 Å². The number of likely N-dealkylation sites (N-methyl/N-ethyl adjacent to an activating group) is 1. The van der Waals surface area contributed by atoms with E-state index in [1.54, 1.807) is 11.3 Å². The van der Waals surface area contributed by atoms with E-state index in [-0.39, 0.29) is 12.1 Å². The van der Waals surface area contributed by atoms with Crippen molar-refractivity contribution in [1.29, 1.82) is 0 Å². The molecule has 0 saturated carbocycles. The topological polar surface area (TPSA) is 29.3 Å². The number of rotatable bonds is 6. The molecule has 2 rings (SSSR count). The van der Waals surface area contributed by atoms with Crippen LogP contribution >= 0.6 is 22.9 Å². The Kier molecular flexibility index (Phi) is 5.61. The van der Waals surface area contributed by atoms with Gasteiger partial charge in [0.2, 0.25) is 0 Å². The number of nitrogens with zero attached hydrogens (tertiary/aromatic N) is 1. The lowest BCUT2D eigenvalue weighted by atomic mass is 10.0. The Morgan fingerprint density at radius 2 is 1.90 bits per heavy atom. The first-order valence-corrected chi connectivity index (χ1v) is 8.06. The fourth-order valence-corrected chi connectivity index (χ4v) is 3.74. The first kappa shape index (κ1) is 15.5. The van der Waals surface area contributed by atoms with Gasteiger partial charge in [-0.1, -0.05) is 48.9 Å². The van der Waals surface area contributed by atoms with Crippen LogP contribution in [0, 0.1) is 0 Å². The predicted molar refractivity (Wildman–Crippen MR) is 88.2 cm³/mol. The Hall–Kier alpha value is -0.870. The minimum absolute atomic E-state index is 0.110. The Bertz CT molecular complexity index is 526. The molecule has 0 aliphatic heterocycles. The molecule has 2 atom stereocenters. The van der Waals surface area contributed by atoms with Crippen molar-refractivity contribution in [3.63, 3.8) is 0 Å². The summed E-state index contributed by atoms with van der Waals surface area (Å²) in [6, 6.07) is 14.8. The highest BCUT2D eigenvalue weighted by molar-refractivity contribution is 7.16. The summed E-state index contributed by atoms with van der Waals surface area (Å²) in [4.78, 5) is 3.55. The second-order valence-electron chi connectivity index (χ2n) is 5.06. The van der Waals surface area contributed by atoms with E-state index < -0.39 is 0 Å². The van der Waals surface area contributed by atoms with Crippen molar-refractivity contribution in [2.45, 2.75) is 32.0 Å². The molecule has 0 bridgehead atoms. The fraction of sp³-hybridized carbons (Fsp3) is 0.375. The van der Waals surface area contributed by atoms with Gasteiger partial charge in [-0.3, -0.25) is 4.90 Å². The lowest BCUT2D eigenvalue weighted by Crippen LogP contribution is -2.38. The van der Waals surface area contributed by atoms with E-state index in [1.165, 1.54) is 10.4 Å². The molecule has 1 aromatic heterocycles. The molecule has 1 aromatic carbocycles. The molecule has 2 nitrogen and oxygen atoms in total. The standard InChI is InChI=1S/C16H21ClN2S/c1-3-13(18)16(14-9-10-15(17)20-14)19(2)11-12-7-5-4-6-8-12/h4-10,13,16H,3,11,18H2,1-2H3. The smallest absolute Gasteiger partial charge is 0.0931 e. The van der Waals surface area contributed by atoms with Crippen LogP contribution in [0.5, 0.6) is 0 Å². The molecule has 2 N–H and O–H groups in total. The highest BCUT2D eigenvalue weighted by Crippen LogP contribution is 2.33. The summed E-state index contributed by atoms with van der Waals surface area (Å²) in [7, 11) is 2.13. The Morgan fingerprint density at radius 3 is 2.45 bits per heavy atom. The van der Waals surface area contributed by atoms with Crippen LogP contribution in [0.25, 0.3) is 0 Å². The van der Waals surface area contributed by atoms with E-state index in [1.807, 2.05) is 12.1 Å². The molecule has 0 amide bonds. The van der Waals surface area contributed by atoms with Crippen molar-refractivity contribution in [2.75, 3.05) is 7.05 Å². The van der Waals surface area contributed by atoms with Crippen LogP contribution in [0.4, 0.5) is 0 Å². The molecule has 0 aliphatic rings. The number of nitrogens with two attached hydrogens (primary N) is 1. The van der Waals surface area contributed by atoms with E-state index in [0.29, 0.717) is 0 Å². The number of halogens is 1. The van der Waals surface area contributed by atoms with Gasteiger partial charge in [-0.2, -0.15) is 0 Å². The lowest BCUT2D eigenvalue weighted by molar-refractivity contribution is 0.205. The second kappa shape index (κ2) is 7.23. The van der Waals surface area contributed by atoms with Gasteiger partial charge < -0.3 is 5.73 Å². The summed E-state index contributed by atoms with van der Waals surface area (Å²) in [5.41, 5.74) is 7.63. The molecule has 2 unspecified atom stereocenters. The van der Waals surface area contributed by atoms with Gasteiger partial charge in [0.15, 0.2) is 0 Å². The highest BCUT2D eigenvalue weighted by Gasteiger charge is 2.24. The van der Waals surface area contributed by atoms with E-state index in [4.69, 9.17) is 17.3 Å². The SMILES string of the molecule is CCC(N)C(c1ccc(Cl)s1)N(C)Cc1ccccc1. The third-order valence-corrected chi connectivity index (χ3v) is 4.81. The quantitative estimate of drug-likeness (QED) is 0.861. The largest absolute Gasteiger partial charge is 0.326 e. The van der Waals surface area contributed by atoms with Crippen molar-refractivity contribution < 1.29 is 0 Å². The van der Waals surface area contributed by atoms with Crippen molar-refractivity contribution in [3.8, 4) is 0 Å². The summed E-state index contributed by atoms with van der Waals surface area (Å²) in [6.45, 7) is 3.01. The molecule has 108 valence electrons. The van der Waals surface area contributed by atoms with Gasteiger partial charge in [-0.15, -0.1) is 11.3 Å². The third-order valence-electron chi connectivity index (χ3n) is 3.51. The molecule has 20 heavy (non-hydrogen) atoms. The summed E-state index contributed by atoms with van der Waals surface area (Å²) in [5.74, 6) is 0. The summed E-state index contributed by atoms with van der Waals surface area (Å²) in [6.07, 6.45) is 0.944. The van der Waals surface area contributed by atoms with Gasteiger partial charge in [0.05, 0.1) is 10.4 Å². The van der Waals surface area contributed by atoms with E-state index in [2.05, 4.69) is 49.2 Å². The van der Waals surface area contributed by atoms with Gasteiger partial charge in [-0.25, -0.2) is 0 Å². The Morgan fingerprint density at radius 1 is 1.20 bits per heavy atom. The summed E-state index contributed by atoms with van der Waals surface area (Å²) < 4.78 is 0.821. The van der Waals surface area contributed by atoms with Gasteiger partial charge >= 0.3 is 0 Å². The average molecular weight is 309 g/mol. The Labute approximate surface area is 130 Å². The van der Waals surface area contributed by atoms with Gasteiger partial charge in [0, 0.05) is 17.5 Å². The average Bonchev–Trinajstić information content (AvgIpc) is 2.86. The van der Waals surface area contributed by atoms with Crippen molar-refractivity contribution >= 4 is 22.9 Å². The molecular weight excluding hydrogens is 288 g/mol. The maximum atomic E-state index is 6.33. The third kappa shape index (κ3) is 3.83. The zero-order valence-electron chi connectivity index (χ0n) is 11.9. The molecule has 0 radical (unpaired) electrons. The molecule has 1 heterocycles. The lowest BCUT2D eigenvalue weighted by Gasteiger charge is -2.31. The normalized spacial score (nSPS) is 14.4. The highest BCUT2D eigenvalue weighted by atomic mass is 35.5. The monoisotopic (exact) mass is 308 g/mol. The van der Waals surface area contributed by atoms with Crippen LogP contribution in [0.15, 0.2) is 42.5 Å². The number of hydrogen-bond donors (Lipinski definition) is 1. The first-order chi connectivity index (χ1) is 9.61. The molecule has 0 saturated heterocycles. The van der Waals surface area contributed by atoms with Crippen LogP contribution in [0.3, 0.4) is 0 Å². The number of thiophene rings is 1. The minimum Gasteiger partial charge on any atom is -0.326 e. The Balaban J connectivity index is 2.18. The van der Waals surface area contributed by atoms with Gasteiger partial charge in [0.25, 0.3) is 0 Å². The van der Waals surface area contributed by atoms with Crippen LogP contribution in [-0.2, 0) is 6.54 Å². The van der Waals surface area contributed by atoms with Crippen molar-refractivity contribution in [2.24, 2.45) is 5.73 Å². The maximum Gasteiger partial charge on any atom is 0.0931 e. The predicted octanol–water partition coefficient (Wildman–Crippen LogP) is 4.31. The van der Waals surface area contributed by atoms with E-state index in [0.717, 1.165) is 17.3 Å². The van der Waals surface area contributed by atoms with Crippen molar-refractivity contribution in [1.82, 2.24) is 4.90 Å². The number of hydrogen-bond acceptors (Lipinski definition) is 3. The van der Waals surface area contributed by atoms with Gasteiger partial charge in [-0.05, 0) is 31.2 Å². The van der Waals surface area contributed by atoms with E-state index in [9.17, 15) is 0 Å². The fourth-order valence-electron chi connectivity index (χ4n) is 2.44. The van der Waals surface area contributed by atoms with Crippen LogP contribution in [0.2, 0.25) is 4.34 Å². The molecular formula is C16H21ClN2S. The second-order valence-corrected chi connectivity index (χ2v) is 6.81. The van der Waals surface area contributed by atoms with Crippen molar-refractivity contribution in [3.05, 3.63) is 57.2 Å². The van der Waals surface area contributed by atoms with Crippen LogP contribution in [0.1, 0.15) is 29.8 Å². The number of benzene rings is 1. The molecule has 4 heteroatoms. The van der Waals surface area contributed by atoms with Crippen LogP contribution < -0.4 is 5.73 Å². The van der Waals surface area contributed by atoms with Gasteiger partial charge in [0.1, 0.15) is 0 Å².